The molecule has 1 aliphatic heterocycles. The van der Waals surface area contributed by atoms with Crippen molar-refractivity contribution in [1.29, 1.82) is 0 Å². The highest BCUT2D eigenvalue weighted by atomic mass is 16.1. The van der Waals surface area contributed by atoms with Gasteiger partial charge in [0, 0.05) is 11.6 Å². The molecule has 2 heterocycles. The Bertz CT molecular complexity index is 1030. The lowest BCUT2D eigenvalue weighted by Gasteiger charge is -2.44. The van der Waals surface area contributed by atoms with E-state index in [1.54, 1.807) is 0 Å². The number of primary amides is 1. The van der Waals surface area contributed by atoms with Crippen LogP contribution >= 0.6 is 0 Å². The fourth-order valence-electron chi connectivity index (χ4n) is 5.47. The molecule has 0 atom stereocenters. The SMILES string of the molecule is Cc1cc2nc(C3(N4CCC(C(N)=O)CC4)CCCC3)n(C3=CC=C3)c2cc1C. The van der Waals surface area contributed by atoms with Crippen LogP contribution in [0.3, 0.4) is 0 Å². The summed E-state index contributed by atoms with van der Waals surface area (Å²) in [5, 5.41) is 0. The number of piperidine rings is 1. The molecule has 3 aliphatic rings. The number of aromatic nitrogens is 2. The van der Waals surface area contributed by atoms with Gasteiger partial charge >= 0.3 is 0 Å². The lowest BCUT2D eigenvalue weighted by molar-refractivity contribution is -0.123. The van der Waals surface area contributed by atoms with Gasteiger partial charge in [0.15, 0.2) is 0 Å². The smallest absolute Gasteiger partial charge is 0.220 e. The molecule has 1 aromatic carbocycles. The zero-order valence-corrected chi connectivity index (χ0v) is 17.4. The summed E-state index contributed by atoms with van der Waals surface area (Å²) in [6, 6.07) is 4.52. The average Bonchev–Trinajstić information content (AvgIpc) is 3.28. The number of benzene rings is 1. The van der Waals surface area contributed by atoms with E-state index >= 15 is 0 Å². The van der Waals surface area contributed by atoms with Crippen LogP contribution < -0.4 is 5.73 Å². The van der Waals surface area contributed by atoms with E-state index in [2.05, 4.69) is 53.7 Å². The number of imidazole rings is 1. The van der Waals surface area contributed by atoms with Crippen molar-refractivity contribution in [3.63, 3.8) is 0 Å². The molecule has 0 bridgehead atoms. The van der Waals surface area contributed by atoms with Gasteiger partial charge < -0.3 is 5.73 Å². The largest absolute Gasteiger partial charge is 0.369 e. The molecule has 2 aromatic rings. The molecule has 5 nitrogen and oxygen atoms in total. The fourth-order valence-corrected chi connectivity index (χ4v) is 5.47. The van der Waals surface area contributed by atoms with Gasteiger partial charge in [0.25, 0.3) is 0 Å². The number of carbonyl (C=O) groups excluding carboxylic acids is 1. The molecule has 1 aromatic heterocycles. The molecule has 5 heteroatoms. The molecule has 0 unspecified atom stereocenters. The highest BCUT2D eigenvalue weighted by molar-refractivity contribution is 5.85. The zero-order chi connectivity index (χ0) is 20.2. The van der Waals surface area contributed by atoms with E-state index in [4.69, 9.17) is 10.7 Å². The first-order chi connectivity index (χ1) is 14.0. The van der Waals surface area contributed by atoms with Crippen LogP contribution in [0.4, 0.5) is 0 Å². The van der Waals surface area contributed by atoms with Crippen molar-refractivity contribution in [3.05, 3.63) is 47.3 Å². The Morgan fingerprint density at radius 2 is 1.79 bits per heavy atom. The van der Waals surface area contributed by atoms with Gasteiger partial charge in [0.05, 0.1) is 16.6 Å². The molecule has 2 aliphatic carbocycles. The van der Waals surface area contributed by atoms with Crippen molar-refractivity contribution in [3.8, 4) is 0 Å². The summed E-state index contributed by atoms with van der Waals surface area (Å²) >= 11 is 0. The van der Waals surface area contributed by atoms with E-state index in [9.17, 15) is 4.79 Å². The zero-order valence-electron chi connectivity index (χ0n) is 17.4. The summed E-state index contributed by atoms with van der Waals surface area (Å²) < 4.78 is 2.40. The van der Waals surface area contributed by atoms with Gasteiger partial charge in [-0.3, -0.25) is 14.3 Å². The first kappa shape index (κ1) is 18.6. The van der Waals surface area contributed by atoms with Crippen LogP contribution in [0.1, 0.15) is 55.5 Å². The number of allylic oxidation sites excluding steroid dienone is 4. The van der Waals surface area contributed by atoms with Crippen molar-refractivity contribution in [2.24, 2.45) is 11.7 Å². The molecular formula is C24H30N4O. The number of fused-ring (bicyclic) bond motifs is 1. The Morgan fingerprint density at radius 3 is 2.38 bits per heavy atom. The lowest BCUT2D eigenvalue weighted by Crippen LogP contribution is -2.50. The van der Waals surface area contributed by atoms with Crippen LogP contribution in [-0.2, 0) is 10.3 Å². The fraction of sp³-hybridized carbons (Fsp3) is 0.500. The average molecular weight is 391 g/mol. The highest BCUT2D eigenvalue weighted by Gasteiger charge is 2.46. The van der Waals surface area contributed by atoms with Crippen molar-refractivity contribution in [1.82, 2.24) is 14.5 Å². The predicted molar refractivity (Wildman–Crippen MR) is 116 cm³/mol. The Balaban J connectivity index is 1.63. The van der Waals surface area contributed by atoms with E-state index in [0.717, 1.165) is 44.3 Å². The van der Waals surface area contributed by atoms with Gasteiger partial charge in [0.1, 0.15) is 5.82 Å². The minimum Gasteiger partial charge on any atom is -0.369 e. The van der Waals surface area contributed by atoms with Crippen LogP contribution in [0, 0.1) is 19.8 Å². The summed E-state index contributed by atoms with van der Waals surface area (Å²) in [5.41, 5.74) is 11.6. The molecule has 29 heavy (non-hydrogen) atoms. The number of nitrogens with two attached hydrogens (primary N) is 1. The van der Waals surface area contributed by atoms with Crippen molar-refractivity contribution < 1.29 is 4.79 Å². The van der Waals surface area contributed by atoms with E-state index in [1.165, 1.54) is 41.0 Å². The number of likely N-dealkylation sites (tertiary alicyclic amines) is 1. The molecule has 1 saturated heterocycles. The van der Waals surface area contributed by atoms with E-state index < -0.39 is 0 Å². The number of hydrogen-bond acceptors (Lipinski definition) is 3. The highest BCUT2D eigenvalue weighted by Crippen LogP contribution is 2.47. The topological polar surface area (TPSA) is 64.2 Å². The van der Waals surface area contributed by atoms with Crippen molar-refractivity contribution in [2.75, 3.05) is 13.1 Å². The molecule has 1 amide bonds. The standard InChI is InChI=1S/C24H30N4O/c1-16-14-20-21(15-17(16)2)28(19-6-5-7-19)23(26-20)24(10-3-4-11-24)27-12-8-18(9-13-27)22(25)29/h5-7,14-15,18H,3-4,8-13H2,1-2H3,(H2,25,29). The van der Waals surface area contributed by atoms with Gasteiger partial charge in [-0.2, -0.15) is 0 Å². The summed E-state index contributed by atoms with van der Waals surface area (Å²) in [4.78, 5) is 19.5. The van der Waals surface area contributed by atoms with Crippen LogP contribution in [0.15, 0.2) is 30.4 Å². The first-order valence-electron chi connectivity index (χ1n) is 10.9. The maximum Gasteiger partial charge on any atom is 0.220 e. The van der Waals surface area contributed by atoms with Gasteiger partial charge in [-0.15, -0.1) is 0 Å². The number of aryl methyl sites for hydroxylation is 2. The minimum absolute atomic E-state index is 0.0195. The third-order valence-electron chi connectivity index (χ3n) is 7.41. The normalized spacial score (nSPS) is 22.1. The van der Waals surface area contributed by atoms with Crippen LogP contribution in [-0.4, -0.2) is 33.4 Å². The summed E-state index contributed by atoms with van der Waals surface area (Å²) in [7, 11) is 0. The Kier molecular flexibility index (Phi) is 4.39. The predicted octanol–water partition coefficient (Wildman–Crippen LogP) is 4.03. The molecule has 2 fully saturated rings. The van der Waals surface area contributed by atoms with Crippen molar-refractivity contribution >= 4 is 22.6 Å². The first-order valence-corrected chi connectivity index (χ1v) is 10.9. The third-order valence-corrected chi connectivity index (χ3v) is 7.41. The Hall–Kier alpha value is -2.40. The number of nitrogens with zero attached hydrogens (tertiary/aromatic N) is 3. The van der Waals surface area contributed by atoms with E-state index in [-0.39, 0.29) is 17.4 Å². The third kappa shape index (κ3) is 2.86. The van der Waals surface area contributed by atoms with E-state index in [1.807, 2.05) is 0 Å². The van der Waals surface area contributed by atoms with Crippen molar-refractivity contribution in [2.45, 2.75) is 57.9 Å². The Labute approximate surface area is 172 Å². The van der Waals surface area contributed by atoms with Gasteiger partial charge in [-0.1, -0.05) is 18.9 Å². The second-order valence-corrected chi connectivity index (χ2v) is 9.05. The monoisotopic (exact) mass is 390 g/mol. The van der Waals surface area contributed by atoms with Gasteiger partial charge in [0.2, 0.25) is 5.91 Å². The van der Waals surface area contributed by atoms with Gasteiger partial charge in [-0.25, -0.2) is 4.98 Å². The van der Waals surface area contributed by atoms with Gasteiger partial charge in [-0.05, 0) is 88.0 Å². The minimum atomic E-state index is -0.145. The second kappa shape index (κ2) is 6.84. The number of amides is 1. The maximum absolute atomic E-state index is 11.7. The number of hydrogen-bond donors (Lipinski definition) is 1. The summed E-state index contributed by atoms with van der Waals surface area (Å²) in [5.74, 6) is 1.06. The Morgan fingerprint density at radius 1 is 1.14 bits per heavy atom. The van der Waals surface area contributed by atoms with E-state index in [0.29, 0.717) is 0 Å². The van der Waals surface area contributed by atoms with Crippen LogP contribution in [0.5, 0.6) is 0 Å². The summed E-state index contributed by atoms with van der Waals surface area (Å²) in [6.07, 6.45) is 12.9. The number of carbonyl (C=O) groups is 1. The summed E-state index contributed by atoms with van der Waals surface area (Å²) in [6.45, 7) is 6.18. The van der Waals surface area contributed by atoms with Crippen LogP contribution in [0.25, 0.3) is 16.7 Å². The quantitative estimate of drug-likeness (QED) is 0.857. The maximum atomic E-state index is 11.7. The molecular weight excluding hydrogens is 360 g/mol. The molecule has 152 valence electrons. The number of rotatable bonds is 4. The molecule has 1 saturated carbocycles. The molecule has 2 N–H and O–H groups in total. The molecule has 0 radical (unpaired) electrons. The lowest BCUT2D eigenvalue weighted by atomic mass is 9.87. The van der Waals surface area contributed by atoms with Crippen LogP contribution in [0.2, 0.25) is 0 Å². The second-order valence-electron chi connectivity index (χ2n) is 9.05. The molecule has 0 spiro atoms. The molecule has 5 rings (SSSR count).